The number of carbonyl (C=O) groups excluding carboxylic acids is 1. The second kappa shape index (κ2) is 9.48. The van der Waals surface area contributed by atoms with E-state index in [1.165, 1.54) is 51.4 Å². The highest BCUT2D eigenvalue weighted by molar-refractivity contribution is 5.82. The number of fused-ring (bicyclic) bond motifs is 4. The van der Waals surface area contributed by atoms with E-state index >= 15 is 0 Å². The van der Waals surface area contributed by atoms with Gasteiger partial charge in [0.15, 0.2) is 5.78 Å². The number of rotatable bonds is 4. The molecule has 0 spiro atoms. The molecule has 3 aliphatic carbocycles. The van der Waals surface area contributed by atoms with Crippen LogP contribution >= 0.6 is 0 Å². The zero-order valence-corrected chi connectivity index (χ0v) is 20.6. The van der Waals surface area contributed by atoms with Gasteiger partial charge in [-0.05, 0) is 105 Å². The zero-order valence-electron chi connectivity index (χ0n) is 20.6. The van der Waals surface area contributed by atoms with Crippen molar-refractivity contribution in [2.45, 2.75) is 84.6 Å². The van der Waals surface area contributed by atoms with Gasteiger partial charge >= 0.3 is 0 Å². The molecule has 3 aliphatic rings. The van der Waals surface area contributed by atoms with Gasteiger partial charge in [0.25, 0.3) is 0 Å². The monoisotopic (exact) mass is 450 g/mol. The lowest BCUT2D eigenvalue weighted by atomic mass is 9.54. The summed E-state index contributed by atoms with van der Waals surface area (Å²) in [5.74, 6) is 4.75. The van der Waals surface area contributed by atoms with Crippen molar-refractivity contribution < 1.29 is 4.79 Å². The first-order valence-electron chi connectivity index (χ1n) is 13.5. The van der Waals surface area contributed by atoms with Crippen molar-refractivity contribution in [2.75, 3.05) is 6.54 Å². The van der Waals surface area contributed by atoms with Crippen LogP contribution in [0.5, 0.6) is 0 Å². The molecule has 180 valence electrons. The Morgan fingerprint density at radius 1 is 1.12 bits per heavy atom. The Bertz CT molecular complexity index is 937. The lowest BCUT2D eigenvalue weighted by molar-refractivity contribution is -0.124. The van der Waals surface area contributed by atoms with Gasteiger partial charge in [-0.1, -0.05) is 20.3 Å². The highest BCUT2D eigenvalue weighted by Crippen LogP contribution is 2.55. The Morgan fingerprint density at radius 3 is 2.82 bits per heavy atom. The predicted octanol–water partition coefficient (Wildman–Crippen LogP) is 5.62. The third kappa shape index (κ3) is 4.76. The van der Waals surface area contributed by atoms with Gasteiger partial charge in [0, 0.05) is 23.7 Å². The van der Waals surface area contributed by atoms with Crippen LogP contribution in [0.25, 0.3) is 10.9 Å². The van der Waals surface area contributed by atoms with Gasteiger partial charge in [0.1, 0.15) is 5.52 Å². The maximum Gasteiger partial charge on any atom is 0.157 e. The van der Waals surface area contributed by atoms with Gasteiger partial charge < -0.3 is 5.73 Å². The highest BCUT2D eigenvalue weighted by atomic mass is 16.1. The number of hydrogen-bond acceptors (Lipinski definition) is 4. The Hall–Kier alpha value is -1.75. The molecule has 0 aliphatic heterocycles. The number of aromatic nitrogens is 3. The molecule has 2 aromatic heterocycles. The number of Topliss-reactive ketones (excluding diaryl/α,β-unsaturated/α-hetero) is 1. The number of nitrogens with two attached hydrogens (primary N) is 1. The molecular weight excluding hydrogens is 408 g/mol. The topological polar surface area (TPSA) is 73.8 Å². The van der Waals surface area contributed by atoms with Gasteiger partial charge in [-0.15, -0.1) is 0 Å². The van der Waals surface area contributed by atoms with E-state index in [1.54, 1.807) is 12.4 Å². The van der Waals surface area contributed by atoms with E-state index in [4.69, 9.17) is 5.73 Å². The molecule has 0 aromatic carbocycles. The van der Waals surface area contributed by atoms with Crippen LogP contribution in [0.4, 0.5) is 0 Å². The molecule has 1 unspecified atom stereocenters. The van der Waals surface area contributed by atoms with E-state index in [-0.39, 0.29) is 5.92 Å². The first kappa shape index (κ1) is 23.0. The Labute approximate surface area is 198 Å². The number of carbonyl (C=O) groups is 1. The van der Waals surface area contributed by atoms with Gasteiger partial charge in [0.2, 0.25) is 0 Å². The second-order valence-corrected chi connectivity index (χ2v) is 12.0. The first-order valence-corrected chi connectivity index (χ1v) is 13.5. The standard InChI is InChI=1S/C28H42N4O/c1-19-6-7-20(27(33)17-32-16-22-11-13-30-15-26(22)31-32)4-3-5-25-23(19)9-8-21-14-28(2,18-29)12-10-24(21)25/h11,13,15-16,19-21,23-25H,3-10,12,14,17-18,29H2,1-2H3/t19-,20+,21?,23-,24-,25-,28+/m0/s1. The summed E-state index contributed by atoms with van der Waals surface area (Å²) in [6.07, 6.45) is 18.1. The predicted molar refractivity (Wildman–Crippen MR) is 132 cm³/mol. The maximum atomic E-state index is 13.3. The molecule has 0 amide bonds. The van der Waals surface area contributed by atoms with Crippen LogP contribution in [0.3, 0.4) is 0 Å². The molecule has 5 rings (SSSR count). The smallest absolute Gasteiger partial charge is 0.157 e. The van der Waals surface area contributed by atoms with Gasteiger partial charge in [0.05, 0.1) is 12.7 Å². The zero-order chi connectivity index (χ0) is 23.0. The minimum absolute atomic E-state index is 0.181. The molecule has 33 heavy (non-hydrogen) atoms. The van der Waals surface area contributed by atoms with E-state index < -0.39 is 0 Å². The van der Waals surface area contributed by atoms with Crippen LogP contribution in [0.1, 0.15) is 78.1 Å². The van der Waals surface area contributed by atoms with Crippen molar-refractivity contribution in [1.82, 2.24) is 14.8 Å². The fourth-order valence-electron chi connectivity index (χ4n) is 7.81. The van der Waals surface area contributed by atoms with Crippen LogP contribution in [0.15, 0.2) is 24.7 Å². The van der Waals surface area contributed by atoms with Crippen LogP contribution in [-0.4, -0.2) is 27.1 Å². The molecule has 2 N–H and O–H groups in total. The molecule has 0 radical (unpaired) electrons. The summed E-state index contributed by atoms with van der Waals surface area (Å²) in [6, 6.07) is 1.96. The van der Waals surface area contributed by atoms with E-state index in [1.807, 2.05) is 16.9 Å². The molecular formula is C28H42N4O. The molecule has 0 saturated heterocycles. The van der Waals surface area contributed by atoms with E-state index in [0.29, 0.717) is 17.7 Å². The van der Waals surface area contributed by atoms with E-state index in [2.05, 4.69) is 23.9 Å². The van der Waals surface area contributed by atoms with Crippen LogP contribution in [-0.2, 0) is 11.3 Å². The fourth-order valence-corrected chi connectivity index (χ4v) is 7.81. The number of hydrogen-bond donors (Lipinski definition) is 1. The quantitative estimate of drug-likeness (QED) is 0.656. The first-order chi connectivity index (χ1) is 16.0. The Morgan fingerprint density at radius 2 is 2.00 bits per heavy atom. The van der Waals surface area contributed by atoms with Crippen LogP contribution < -0.4 is 5.73 Å². The molecule has 0 bridgehead atoms. The Kier molecular flexibility index (Phi) is 6.61. The second-order valence-electron chi connectivity index (χ2n) is 12.0. The fraction of sp³-hybridized carbons (Fsp3) is 0.750. The minimum atomic E-state index is 0.181. The van der Waals surface area contributed by atoms with Crippen molar-refractivity contribution in [3.05, 3.63) is 24.7 Å². The molecule has 2 heterocycles. The van der Waals surface area contributed by atoms with Crippen molar-refractivity contribution in [3.8, 4) is 0 Å². The summed E-state index contributed by atoms with van der Waals surface area (Å²) in [5, 5.41) is 5.62. The van der Waals surface area contributed by atoms with Crippen molar-refractivity contribution in [2.24, 2.45) is 46.7 Å². The summed E-state index contributed by atoms with van der Waals surface area (Å²) in [4.78, 5) is 17.4. The SMILES string of the molecule is C[C@H]1CC[C@H](C(=O)Cn2cc3ccncc3n2)CCC[C@H]2[C@H]1CCC1C[C@](C)(CN)CC[C@@H]12. The van der Waals surface area contributed by atoms with Gasteiger partial charge in [-0.3, -0.25) is 14.5 Å². The number of nitrogens with zero attached hydrogens (tertiary/aromatic N) is 3. The number of ketones is 1. The number of pyridine rings is 1. The molecule has 2 aromatic rings. The van der Waals surface area contributed by atoms with Crippen molar-refractivity contribution >= 4 is 16.7 Å². The average Bonchev–Trinajstić information content (AvgIpc) is 3.25. The van der Waals surface area contributed by atoms with Crippen molar-refractivity contribution in [3.63, 3.8) is 0 Å². The summed E-state index contributed by atoms with van der Waals surface area (Å²) >= 11 is 0. The average molecular weight is 451 g/mol. The third-order valence-electron chi connectivity index (χ3n) is 9.83. The lowest BCUT2D eigenvalue weighted by Crippen LogP contribution is -2.44. The molecule has 3 fully saturated rings. The Balaban J connectivity index is 1.25. The summed E-state index contributed by atoms with van der Waals surface area (Å²) in [5.41, 5.74) is 7.39. The van der Waals surface area contributed by atoms with Gasteiger partial charge in [-0.25, -0.2) is 0 Å². The van der Waals surface area contributed by atoms with Gasteiger partial charge in [-0.2, -0.15) is 5.10 Å². The van der Waals surface area contributed by atoms with E-state index in [0.717, 1.165) is 59.9 Å². The highest BCUT2D eigenvalue weighted by Gasteiger charge is 2.46. The molecule has 7 atom stereocenters. The normalized spacial score (nSPS) is 37.4. The van der Waals surface area contributed by atoms with Crippen molar-refractivity contribution in [1.29, 1.82) is 0 Å². The largest absolute Gasteiger partial charge is 0.330 e. The van der Waals surface area contributed by atoms with E-state index in [9.17, 15) is 4.79 Å². The summed E-state index contributed by atoms with van der Waals surface area (Å²) in [6.45, 7) is 6.12. The maximum absolute atomic E-state index is 13.3. The third-order valence-corrected chi connectivity index (χ3v) is 9.83. The van der Waals surface area contributed by atoms with Crippen LogP contribution in [0, 0.1) is 40.9 Å². The minimum Gasteiger partial charge on any atom is -0.330 e. The molecule has 3 saturated carbocycles. The summed E-state index contributed by atoms with van der Waals surface area (Å²) in [7, 11) is 0. The molecule has 5 nitrogen and oxygen atoms in total. The van der Waals surface area contributed by atoms with Crippen LogP contribution in [0.2, 0.25) is 0 Å². The molecule has 5 heteroatoms. The lowest BCUT2D eigenvalue weighted by Gasteiger charge is -2.52. The summed E-state index contributed by atoms with van der Waals surface area (Å²) < 4.78 is 1.82.